The zero-order chi connectivity index (χ0) is 27.2. The fourth-order valence-electron chi connectivity index (χ4n) is 4.01. The van der Waals surface area contributed by atoms with Crippen molar-refractivity contribution in [2.45, 2.75) is 78.2 Å². The second kappa shape index (κ2) is 12.5. The Morgan fingerprint density at radius 3 is 1.89 bits per heavy atom. The van der Waals surface area contributed by atoms with Crippen LogP contribution in [0.3, 0.4) is 0 Å². The van der Waals surface area contributed by atoms with Crippen molar-refractivity contribution in [3.63, 3.8) is 0 Å². The van der Waals surface area contributed by atoms with Gasteiger partial charge in [0.05, 0.1) is 0 Å². The number of benzene rings is 1. The van der Waals surface area contributed by atoms with Gasteiger partial charge in [-0.05, 0) is 18.1 Å². The SMILES string of the molecule is [B]c1ccc(C(OC(C)=O)[C@H]2OC(COC(C)=O)[C@@H](OC(C)=O)[C@H](OC(C)=O)C2OC(C)=O)c(C)c1. The van der Waals surface area contributed by atoms with Gasteiger partial charge in [-0.3, -0.25) is 24.0 Å². The van der Waals surface area contributed by atoms with Crippen molar-refractivity contribution >= 4 is 43.2 Å². The summed E-state index contributed by atoms with van der Waals surface area (Å²) in [5.41, 5.74) is 1.56. The first kappa shape index (κ1) is 28.8. The molecule has 6 atom stereocenters. The topological polar surface area (TPSA) is 141 Å². The highest BCUT2D eigenvalue weighted by molar-refractivity contribution is 6.32. The molecule has 0 bridgehead atoms. The van der Waals surface area contributed by atoms with Crippen molar-refractivity contribution in [1.82, 2.24) is 0 Å². The molecule has 1 aromatic carbocycles. The van der Waals surface area contributed by atoms with Gasteiger partial charge in [0, 0.05) is 34.6 Å². The molecule has 2 rings (SSSR count). The number of hydrogen-bond acceptors (Lipinski definition) is 11. The first-order valence-corrected chi connectivity index (χ1v) is 11.1. The molecule has 0 aromatic heterocycles. The van der Waals surface area contributed by atoms with Gasteiger partial charge >= 0.3 is 29.8 Å². The molecular formula is C24H29BO11. The Kier molecular flexibility index (Phi) is 10.0. The van der Waals surface area contributed by atoms with Crippen LogP contribution in [0.4, 0.5) is 0 Å². The van der Waals surface area contributed by atoms with Gasteiger partial charge < -0.3 is 28.4 Å². The summed E-state index contributed by atoms with van der Waals surface area (Å²) in [6.45, 7) is 7.06. The Hall–Kier alpha value is -3.41. The molecule has 1 saturated heterocycles. The third-order valence-corrected chi connectivity index (χ3v) is 5.22. The Balaban J connectivity index is 2.69. The average Bonchev–Trinajstić information content (AvgIpc) is 2.73. The number of hydrogen-bond donors (Lipinski definition) is 0. The second-order valence-corrected chi connectivity index (χ2v) is 8.31. The molecule has 12 heteroatoms. The van der Waals surface area contributed by atoms with Crippen LogP contribution in [-0.2, 0) is 52.4 Å². The molecule has 0 saturated carbocycles. The van der Waals surface area contributed by atoms with Crippen LogP contribution in [0.2, 0.25) is 0 Å². The number of esters is 5. The van der Waals surface area contributed by atoms with Crippen molar-refractivity contribution in [3.8, 4) is 0 Å². The maximum atomic E-state index is 12.1. The normalized spacial score (nSPS) is 24.1. The number of carbonyl (C=O) groups excluding carboxylic acids is 5. The summed E-state index contributed by atoms with van der Waals surface area (Å²) in [5.74, 6) is -3.60. The fraction of sp³-hybridized carbons (Fsp3) is 0.542. The molecule has 1 fully saturated rings. The van der Waals surface area contributed by atoms with Crippen LogP contribution in [0.1, 0.15) is 51.8 Å². The lowest BCUT2D eigenvalue weighted by molar-refractivity contribution is -0.268. The zero-order valence-electron chi connectivity index (χ0n) is 21.0. The predicted molar refractivity (Wildman–Crippen MR) is 123 cm³/mol. The lowest BCUT2D eigenvalue weighted by Gasteiger charge is -2.46. The van der Waals surface area contributed by atoms with Crippen LogP contribution in [0, 0.1) is 6.92 Å². The standard InChI is InChI=1S/C24H29BO11/c1-11-9-17(25)7-8-18(11)20(32-13(3)27)22-24(35-16(6)30)23(34-15(5)29)21(33-14(4)28)19(36-22)10-31-12(2)26/h7-9,19-24H,10H2,1-6H3/t19?,20?,21-,22-,23+,24?/m1/s1. The summed E-state index contributed by atoms with van der Waals surface area (Å²) in [5, 5.41) is 0. The number of aryl methyl sites for hydroxylation is 1. The first-order chi connectivity index (χ1) is 16.8. The van der Waals surface area contributed by atoms with Crippen LogP contribution in [0.5, 0.6) is 0 Å². The van der Waals surface area contributed by atoms with Crippen molar-refractivity contribution in [2.24, 2.45) is 0 Å². The third-order valence-electron chi connectivity index (χ3n) is 5.22. The Morgan fingerprint density at radius 2 is 1.39 bits per heavy atom. The van der Waals surface area contributed by atoms with Gasteiger partial charge in [0.2, 0.25) is 0 Å². The quantitative estimate of drug-likeness (QED) is 0.278. The molecule has 1 heterocycles. The number of rotatable bonds is 8. The minimum absolute atomic E-state index is 0.401. The number of ether oxygens (including phenoxy) is 6. The maximum Gasteiger partial charge on any atom is 0.303 e. The lowest BCUT2D eigenvalue weighted by Crippen LogP contribution is -2.63. The van der Waals surface area contributed by atoms with E-state index in [1.807, 2.05) is 0 Å². The van der Waals surface area contributed by atoms with Crippen LogP contribution < -0.4 is 5.46 Å². The van der Waals surface area contributed by atoms with Crippen molar-refractivity contribution in [1.29, 1.82) is 0 Å². The second-order valence-electron chi connectivity index (χ2n) is 8.31. The highest BCUT2D eigenvalue weighted by Crippen LogP contribution is 2.38. The minimum Gasteiger partial charge on any atom is -0.463 e. The smallest absolute Gasteiger partial charge is 0.303 e. The van der Waals surface area contributed by atoms with Gasteiger partial charge in [-0.15, -0.1) is 0 Å². The average molecular weight is 504 g/mol. The van der Waals surface area contributed by atoms with E-state index in [9.17, 15) is 24.0 Å². The van der Waals surface area contributed by atoms with Crippen LogP contribution in [-0.4, -0.2) is 74.8 Å². The molecule has 2 radical (unpaired) electrons. The van der Waals surface area contributed by atoms with E-state index in [0.29, 0.717) is 16.6 Å². The first-order valence-electron chi connectivity index (χ1n) is 11.1. The molecule has 36 heavy (non-hydrogen) atoms. The summed E-state index contributed by atoms with van der Waals surface area (Å²) in [6, 6.07) is 4.85. The van der Waals surface area contributed by atoms with E-state index in [1.165, 1.54) is 13.8 Å². The van der Waals surface area contributed by atoms with Gasteiger partial charge in [0.15, 0.2) is 24.4 Å². The van der Waals surface area contributed by atoms with E-state index >= 15 is 0 Å². The van der Waals surface area contributed by atoms with E-state index in [4.69, 9.17) is 36.3 Å². The van der Waals surface area contributed by atoms with E-state index in [1.54, 1.807) is 25.1 Å². The third kappa shape index (κ3) is 7.80. The van der Waals surface area contributed by atoms with E-state index in [2.05, 4.69) is 0 Å². The van der Waals surface area contributed by atoms with Crippen LogP contribution in [0.15, 0.2) is 18.2 Å². The van der Waals surface area contributed by atoms with Gasteiger partial charge in [0.25, 0.3) is 0 Å². The van der Waals surface area contributed by atoms with Gasteiger partial charge in [0.1, 0.15) is 26.7 Å². The van der Waals surface area contributed by atoms with Crippen molar-refractivity contribution in [3.05, 3.63) is 29.3 Å². The Labute approximate surface area is 210 Å². The zero-order valence-corrected chi connectivity index (χ0v) is 21.0. The van der Waals surface area contributed by atoms with Gasteiger partial charge in [-0.2, -0.15) is 0 Å². The molecule has 0 aliphatic carbocycles. The minimum atomic E-state index is -1.39. The summed E-state index contributed by atoms with van der Waals surface area (Å²) in [4.78, 5) is 59.7. The van der Waals surface area contributed by atoms with Crippen LogP contribution >= 0.6 is 0 Å². The van der Waals surface area contributed by atoms with E-state index < -0.39 is 73.1 Å². The van der Waals surface area contributed by atoms with Crippen molar-refractivity contribution in [2.75, 3.05) is 6.61 Å². The molecule has 0 spiro atoms. The van der Waals surface area contributed by atoms with Gasteiger partial charge in [-0.1, -0.05) is 23.7 Å². The molecule has 0 amide bonds. The highest BCUT2D eigenvalue weighted by atomic mass is 16.7. The molecule has 1 aromatic rings. The van der Waals surface area contributed by atoms with Crippen molar-refractivity contribution < 1.29 is 52.4 Å². The van der Waals surface area contributed by atoms with E-state index in [-0.39, 0.29) is 0 Å². The molecule has 1 aliphatic heterocycles. The molecule has 194 valence electrons. The number of carbonyl (C=O) groups is 5. The van der Waals surface area contributed by atoms with Crippen LogP contribution in [0.25, 0.3) is 0 Å². The van der Waals surface area contributed by atoms with Gasteiger partial charge in [-0.25, -0.2) is 0 Å². The Bertz CT molecular complexity index is 1010. The molecule has 11 nitrogen and oxygen atoms in total. The summed E-state index contributed by atoms with van der Waals surface area (Å²) in [7, 11) is 5.87. The fourth-order valence-corrected chi connectivity index (χ4v) is 4.01. The van der Waals surface area contributed by atoms with E-state index in [0.717, 1.165) is 20.8 Å². The monoisotopic (exact) mass is 504 g/mol. The Morgan fingerprint density at radius 1 is 0.833 bits per heavy atom. The molecule has 1 aliphatic rings. The summed E-state index contributed by atoms with van der Waals surface area (Å²) < 4.78 is 33.2. The highest BCUT2D eigenvalue weighted by Gasteiger charge is 2.55. The largest absolute Gasteiger partial charge is 0.463 e. The summed E-state index contributed by atoms with van der Waals surface area (Å²) >= 11 is 0. The summed E-state index contributed by atoms with van der Waals surface area (Å²) in [6.07, 6.45) is -7.71. The maximum absolute atomic E-state index is 12.1. The molecule has 0 N–H and O–H groups in total. The predicted octanol–water partition coefficient (Wildman–Crippen LogP) is 0.519. The molecule has 3 unspecified atom stereocenters. The molecular weight excluding hydrogens is 475 g/mol. The lowest BCUT2D eigenvalue weighted by atomic mass is 9.85.